The Morgan fingerprint density at radius 1 is 1.12 bits per heavy atom. The van der Waals surface area contributed by atoms with Gasteiger partial charge in [-0.3, -0.25) is 4.90 Å². The summed E-state index contributed by atoms with van der Waals surface area (Å²) in [5, 5.41) is 0. The molecule has 0 saturated carbocycles. The molecule has 1 aliphatic heterocycles. The maximum atomic E-state index is 14.7. The fourth-order valence-corrected chi connectivity index (χ4v) is 3.75. The zero-order chi connectivity index (χ0) is 18.7. The quantitative estimate of drug-likeness (QED) is 0.597. The van der Waals surface area contributed by atoms with Crippen LogP contribution in [0.4, 0.5) is 13.6 Å². The first-order valence-corrected chi connectivity index (χ1v) is 8.69. The molecule has 0 aliphatic carbocycles. The molecule has 142 valence electrons. The van der Waals surface area contributed by atoms with E-state index in [4.69, 9.17) is 9.47 Å². The number of methoxy groups -OCH3 is 2. The molecule has 4 unspecified atom stereocenters. The van der Waals surface area contributed by atoms with Gasteiger partial charge in [0, 0.05) is 14.2 Å². The number of hydrogen-bond acceptors (Lipinski definition) is 3. The summed E-state index contributed by atoms with van der Waals surface area (Å²) in [5.41, 5.74) is 0. The Hall–Kier alpha value is -0.950. The van der Waals surface area contributed by atoms with Gasteiger partial charge in [0.2, 0.25) is 0 Å². The molecule has 1 aliphatic rings. The topological polar surface area (TPSA) is 42.0 Å². The molecular formula is C17H32F2N2O3. The zero-order valence-electron chi connectivity index (χ0n) is 15.9. The van der Waals surface area contributed by atoms with Gasteiger partial charge in [-0.15, -0.1) is 0 Å². The number of amides is 2. The number of carbonyl (C=O) groups excluding carboxylic acids is 1. The molecule has 2 amide bonds. The molecule has 0 aromatic carbocycles. The summed E-state index contributed by atoms with van der Waals surface area (Å²) in [7, 11) is 3.03. The molecule has 24 heavy (non-hydrogen) atoms. The number of carbonyl (C=O) groups is 1. The highest BCUT2D eigenvalue weighted by Gasteiger charge is 2.57. The van der Waals surface area contributed by atoms with Crippen LogP contribution in [0.25, 0.3) is 0 Å². The molecule has 4 atom stereocenters. The van der Waals surface area contributed by atoms with Crippen molar-refractivity contribution in [2.45, 2.75) is 77.8 Å². The van der Waals surface area contributed by atoms with Crippen LogP contribution in [0.2, 0.25) is 0 Å². The molecule has 7 heteroatoms. The van der Waals surface area contributed by atoms with E-state index in [9.17, 15) is 13.6 Å². The van der Waals surface area contributed by atoms with Crippen molar-refractivity contribution in [1.29, 1.82) is 0 Å². The van der Waals surface area contributed by atoms with Crippen LogP contribution in [-0.2, 0) is 9.47 Å². The number of nitrogens with zero attached hydrogens (tertiary/aromatic N) is 2. The van der Waals surface area contributed by atoms with Gasteiger partial charge in [-0.2, -0.15) is 8.78 Å². The first kappa shape index (κ1) is 21.1. The smallest absolute Gasteiger partial charge is 0.347 e. The molecule has 0 bridgehead atoms. The maximum Gasteiger partial charge on any atom is 0.347 e. The SMILES string of the molecule is CCC(OC)C(CC)N1C(=O)N(C(C(C)C)C(C)OC)CC1(F)F. The van der Waals surface area contributed by atoms with Gasteiger partial charge in [0.15, 0.2) is 0 Å². The van der Waals surface area contributed by atoms with Crippen molar-refractivity contribution in [3.05, 3.63) is 0 Å². The van der Waals surface area contributed by atoms with Gasteiger partial charge >= 0.3 is 12.1 Å². The highest BCUT2D eigenvalue weighted by Crippen LogP contribution is 2.37. The average Bonchev–Trinajstić information content (AvgIpc) is 2.74. The molecule has 0 aromatic heterocycles. The fourth-order valence-electron chi connectivity index (χ4n) is 3.75. The Balaban J connectivity index is 3.19. The predicted octanol–water partition coefficient (Wildman–Crippen LogP) is 3.58. The zero-order valence-corrected chi connectivity index (χ0v) is 15.9. The highest BCUT2D eigenvalue weighted by atomic mass is 19.3. The van der Waals surface area contributed by atoms with Gasteiger partial charge in [-0.05, 0) is 25.7 Å². The summed E-state index contributed by atoms with van der Waals surface area (Å²) in [5.74, 6) is 0.00382. The summed E-state index contributed by atoms with van der Waals surface area (Å²) in [6.45, 7) is 8.69. The van der Waals surface area contributed by atoms with E-state index in [1.54, 1.807) is 13.8 Å². The van der Waals surface area contributed by atoms with Crippen molar-refractivity contribution < 1.29 is 23.0 Å². The van der Waals surface area contributed by atoms with Crippen molar-refractivity contribution in [2.24, 2.45) is 5.92 Å². The Kier molecular flexibility index (Phi) is 7.41. The Bertz CT molecular complexity index is 417. The monoisotopic (exact) mass is 350 g/mol. The van der Waals surface area contributed by atoms with Gasteiger partial charge in [-0.25, -0.2) is 4.79 Å². The van der Waals surface area contributed by atoms with Gasteiger partial charge in [0.1, 0.15) is 6.54 Å². The van der Waals surface area contributed by atoms with Crippen LogP contribution in [-0.4, -0.2) is 66.9 Å². The van der Waals surface area contributed by atoms with Gasteiger partial charge < -0.3 is 14.4 Å². The second-order valence-electron chi connectivity index (χ2n) is 6.78. The number of alkyl halides is 2. The van der Waals surface area contributed by atoms with Gasteiger partial charge in [0.25, 0.3) is 0 Å². The minimum atomic E-state index is -3.22. The van der Waals surface area contributed by atoms with Crippen LogP contribution in [0, 0.1) is 5.92 Å². The first-order chi connectivity index (χ1) is 11.2. The van der Waals surface area contributed by atoms with E-state index in [1.807, 2.05) is 20.8 Å². The van der Waals surface area contributed by atoms with E-state index in [2.05, 4.69) is 0 Å². The Labute approximate surface area is 144 Å². The molecule has 0 spiro atoms. The summed E-state index contributed by atoms with van der Waals surface area (Å²) in [6.07, 6.45) is 0.237. The van der Waals surface area contributed by atoms with Gasteiger partial charge in [0.05, 0.1) is 24.3 Å². The third-order valence-corrected chi connectivity index (χ3v) is 4.94. The first-order valence-electron chi connectivity index (χ1n) is 8.69. The van der Waals surface area contributed by atoms with Crippen LogP contribution in [0.5, 0.6) is 0 Å². The molecule has 0 radical (unpaired) electrons. The lowest BCUT2D eigenvalue weighted by Crippen LogP contribution is -2.53. The number of ether oxygens (including phenoxy) is 2. The average molecular weight is 350 g/mol. The summed E-state index contributed by atoms with van der Waals surface area (Å²) in [4.78, 5) is 14.9. The largest absolute Gasteiger partial charge is 0.380 e. The normalized spacial score (nSPS) is 22.8. The standard InChI is InChI=1S/C17H32F2N2O3/c1-8-13(14(9-2)24-7)21-16(22)20(10-17(21,18)19)15(11(3)4)12(5)23-6/h11-15H,8-10H2,1-7H3. The third kappa shape index (κ3) is 3.99. The number of hydrogen-bond donors (Lipinski definition) is 0. The van der Waals surface area contributed by atoms with Crippen LogP contribution in [0.3, 0.4) is 0 Å². The van der Waals surface area contributed by atoms with Crippen molar-refractivity contribution >= 4 is 6.03 Å². The third-order valence-electron chi connectivity index (χ3n) is 4.94. The van der Waals surface area contributed by atoms with Gasteiger partial charge in [-0.1, -0.05) is 27.7 Å². The number of rotatable bonds is 9. The summed E-state index contributed by atoms with van der Waals surface area (Å²) < 4.78 is 40.2. The molecule has 0 N–H and O–H groups in total. The van der Waals surface area contributed by atoms with Crippen molar-refractivity contribution in [3.8, 4) is 0 Å². The lowest BCUT2D eigenvalue weighted by Gasteiger charge is -2.36. The van der Waals surface area contributed by atoms with Crippen molar-refractivity contribution in [3.63, 3.8) is 0 Å². The second-order valence-corrected chi connectivity index (χ2v) is 6.78. The minimum Gasteiger partial charge on any atom is -0.380 e. The number of urea groups is 1. The predicted molar refractivity (Wildman–Crippen MR) is 89.2 cm³/mol. The summed E-state index contributed by atoms with van der Waals surface area (Å²) >= 11 is 0. The van der Waals surface area contributed by atoms with Crippen LogP contribution in [0.15, 0.2) is 0 Å². The fraction of sp³-hybridized carbons (Fsp3) is 0.941. The molecule has 1 fully saturated rings. The van der Waals surface area contributed by atoms with Crippen molar-refractivity contribution in [2.75, 3.05) is 20.8 Å². The lowest BCUT2D eigenvalue weighted by atomic mass is 9.98. The summed E-state index contributed by atoms with van der Waals surface area (Å²) in [6, 6.07) is -4.91. The molecule has 0 aromatic rings. The molecule has 5 nitrogen and oxygen atoms in total. The molecule has 1 saturated heterocycles. The molecule has 1 rings (SSSR count). The molecule has 1 heterocycles. The highest BCUT2D eigenvalue weighted by molar-refractivity contribution is 5.78. The Morgan fingerprint density at radius 2 is 1.71 bits per heavy atom. The maximum absolute atomic E-state index is 14.7. The van der Waals surface area contributed by atoms with Crippen LogP contribution in [0.1, 0.15) is 47.5 Å². The molecular weight excluding hydrogens is 318 g/mol. The van der Waals surface area contributed by atoms with E-state index in [0.717, 1.165) is 4.90 Å². The van der Waals surface area contributed by atoms with E-state index in [1.165, 1.54) is 19.1 Å². The lowest BCUT2D eigenvalue weighted by molar-refractivity contribution is -0.134. The van der Waals surface area contributed by atoms with Crippen LogP contribution >= 0.6 is 0 Å². The van der Waals surface area contributed by atoms with Crippen LogP contribution < -0.4 is 0 Å². The minimum absolute atomic E-state index is 0.00382. The van der Waals surface area contributed by atoms with E-state index >= 15 is 0 Å². The Morgan fingerprint density at radius 3 is 2.08 bits per heavy atom. The second kappa shape index (κ2) is 8.43. The van der Waals surface area contributed by atoms with E-state index in [0.29, 0.717) is 12.8 Å². The van der Waals surface area contributed by atoms with E-state index < -0.39 is 36.8 Å². The number of halogens is 2. The van der Waals surface area contributed by atoms with E-state index in [-0.39, 0.29) is 12.0 Å². The van der Waals surface area contributed by atoms with Crippen molar-refractivity contribution in [1.82, 2.24) is 9.80 Å².